The quantitative estimate of drug-likeness (QED) is 0.899. The molecule has 4 rings (SSSR count). The number of hydrogen-bond donors (Lipinski definition) is 2. The lowest BCUT2D eigenvalue weighted by atomic mass is 9.95. The normalized spacial score (nSPS) is 17.3. The maximum atomic E-state index is 12.8. The molecule has 0 saturated heterocycles. The Morgan fingerprint density at radius 1 is 1.17 bits per heavy atom. The fourth-order valence-corrected chi connectivity index (χ4v) is 3.08. The highest BCUT2D eigenvalue weighted by molar-refractivity contribution is 6.30. The molecule has 1 saturated carbocycles. The maximum absolute atomic E-state index is 12.8. The van der Waals surface area contributed by atoms with Crippen LogP contribution in [0.2, 0.25) is 5.02 Å². The zero-order valence-electron chi connectivity index (χ0n) is 12.8. The Balaban J connectivity index is 1.55. The molecular weight excluding hydrogens is 328 g/mol. The van der Waals surface area contributed by atoms with E-state index in [1.807, 2.05) is 12.1 Å². The van der Waals surface area contributed by atoms with E-state index in [1.165, 1.54) is 0 Å². The van der Waals surface area contributed by atoms with Crippen molar-refractivity contribution in [2.45, 2.75) is 18.3 Å². The Bertz CT molecular complexity index is 829. The molecular formula is C18H15ClN2O3. The van der Waals surface area contributed by atoms with Gasteiger partial charge in [-0.05, 0) is 48.7 Å². The lowest BCUT2D eigenvalue weighted by Crippen LogP contribution is -2.28. The molecule has 1 aliphatic carbocycles. The van der Waals surface area contributed by atoms with Crippen LogP contribution in [0.3, 0.4) is 0 Å². The summed E-state index contributed by atoms with van der Waals surface area (Å²) in [6.45, 7) is 0.0123. The largest absolute Gasteiger partial charge is 0.482 e. The van der Waals surface area contributed by atoms with E-state index in [-0.39, 0.29) is 18.4 Å². The Morgan fingerprint density at radius 2 is 1.92 bits per heavy atom. The van der Waals surface area contributed by atoms with Crippen molar-refractivity contribution in [3.8, 4) is 5.75 Å². The van der Waals surface area contributed by atoms with Crippen LogP contribution in [0, 0.1) is 0 Å². The summed E-state index contributed by atoms with van der Waals surface area (Å²) in [5, 5.41) is 6.33. The molecule has 2 N–H and O–H groups in total. The molecule has 24 heavy (non-hydrogen) atoms. The van der Waals surface area contributed by atoms with Crippen molar-refractivity contribution >= 4 is 34.8 Å². The molecule has 0 spiro atoms. The van der Waals surface area contributed by atoms with Gasteiger partial charge in [-0.3, -0.25) is 9.59 Å². The van der Waals surface area contributed by atoms with E-state index in [0.29, 0.717) is 22.1 Å². The molecule has 0 unspecified atom stereocenters. The van der Waals surface area contributed by atoms with Gasteiger partial charge < -0.3 is 15.4 Å². The van der Waals surface area contributed by atoms with Gasteiger partial charge in [-0.15, -0.1) is 0 Å². The summed E-state index contributed by atoms with van der Waals surface area (Å²) in [7, 11) is 0. The summed E-state index contributed by atoms with van der Waals surface area (Å²) in [6.07, 6.45) is 1.62. The summed E-state index contributed by atoms with van der Waals surface area (Å²) in [6, 6.07) is 12.6. The number of anilines is 2. The second-order valence-corrected chi connectivity index (χ2v) is 6.53. The van der Waals surface area contributed by atoms with E-state index in [1.54, 1.807) is 30.3 Å². The number of hydrogen-bond acceptors (Lipinski definition) is 3. The average molecular weight is 343 g/mol. The smallest absolute Gasteiger partial charge is 0.262 e. The van der Waals surface area contributed by atoms with E-state index >= 15 is 0 Å². The molecule has 122 valence electrons. The van der Waals surface area contributed by atoms with Crippen LogP contribution in [0.15, 0.2) is 42.5 Å². The van der Waals surface area contributed by atoms with Crippen molar-refractivity contribution in [3.05, 3.63) is 53.1 Å². The van der Waals surface area contributed by atoms with Crippen molar-refractivity contribution in [3.63, 3.8) is 0 Å². The average Bonchev–Trinajstić information content (AvgIpc) is 3.37. The number of fused-ring (bicyclic) bond motifs is 1. The molecule has 6 heteroatoms. The van der Waals surface area contributed by atoms with Gasteiger partial charge >= 0.3 is 0 Å². The summed E-state index contributed by atoms with van der Waals surface area (Å²) in [5.41, 5.74) is 1.68. The number of halogens is 1. The lowest BCUT2D eigenvalue weighted by molar-refractivity contribution is -0.119. The van der Waals surface area contributed by atoms with Crippen molar-refractivity contribution in [1.82, 2.24) is 0 Å². The number of rotatable bonds is 3. The molecule has 0 radical (unpaired) electrons. The van der Waals surface area contributed by atoms with Crippen LogP contribution in [0.1, 0.15) is 18.4 Å². The summed E-state index contributed by atoms with van der Waals surface area (Å²) >= 11 is 5.92. The van der Waals surface area contributed by atoms with Gasteiger partial charge in [0.15, 0.2) is 6.61 Å². The van der Waals surface area contributed by atoms with E-state index in [0.717, 1.165) is 18.4 Å². The van der Waals surface area contributed by atoms with Gasteiger partial charge in [-0.1, -0.05) is 23.7 Å². The highest BCUT2D eigenvalue weighted by atomic mass is 35.5. The number of ether oxygens (including phenoxy) is 1. The second-order valence-electron chi connectivity index (χ2n) is 6.09. The minimum absolute atomic E-state index is 0.0123. The van der Waals surface area contributed by atoms with Gasteiger partial charge in [0.25, 0.3) is 5.91 Å². The topological polar surface area (TPSA) is 67.4 Å². The Hall–Kier alpha value is -2.53. The Morgan fingerprint density at radius 3 is 2.62 bits per heavy atom. The zero-order chi connectivity index (χ0) is 16.7. The van der Waals surface area contributed by atoms with Crippen molar-refractivity contribution in [2.24, 2.45) is 0 Å². The van der Waals surface area contributed by atoms with E-state index in [4.69, 9.17) is 16.3 Å². The molecule has 2 aliphatic rings. The monoisotopic (exact) mass is 342 g/mol. The minimum atomic E-state index is -0.486. The summed E-state index contributed by atoms with van der Waals surface area (Å²) < 4.78 is 5.32. The van der Waals surface area contributed by atoms with Gasteiger partial charge in [0.05, 0.1) is 11.1 Å². The maximum Gasteiger partial charge on any atom is 0.262 e. The number of carbonyl (C=O) groups excluding carboxylic acids is 2. The predicted molar refractivity (Wildman–Crippen MR) is 91.6 cm³/mol. The predicted octanol–water partition coefficient (Wildman–Crippen LogP) is 3.34. The van der Waals surface area contributed by atoms with Gasteiger partial charge in [0.1, 0.15) is 5.75 Å². The van der Waals surface area contributed by atoms with E-state index in [9.17, 15) is 9.59 Å². The molecule has 0 aromatic heterocycles. The van der Waals surface area contributed by atoms with Gasteiger partial charge in [0, 0.05) is 10.7 Å². The number of amides is 2. The number of nitrogens with one attached hydrogen (secondary N) is 2. The molecule has 2 amide bonds. The van der Waals surface area contributed by atoms with Crippen LogP contribution in [0.5, 0.6) is 5.75 Å². The number of carbonyl (C=O) groups is 2. The van der Waals surface area contributed by atoms with Crippen molar-refractivity contribution < 1.29 is 14.3 Å². The van der Waals surface area contributed by atoms with Crippen molar-refractivity contribution in [2.75, 3.05) is 17.2 Å². The molecule has 2 aromatic carbocycles. The highest BCUT2D eigenvalue weighted by Gasteiger charge is 2.51. The zero-order valence-corrected chi connectivity index (χ0v) is 13.5. The standard InChI is InChI=1S/C18H15ClN2O3/c19-12-3-1-11(2-4-12)18(7-8-18)17(23)20-13-5-6-15-14(9-13)21-16(22)10-24-15/h1-6,9H,7-8,10H2,(H,20,23)(H,21,22). The Kier molecular flexibility index (Phi) is 3.46. The van der Waals surface area contributed by atoms with Crippen molar-refractivity contribution in [1.29, 1.82) is 0 Å². The molecule has 1 fully saturated rings. The number of benzene rings is 2. The first-order valence-electron chi connectivity index (χ1n) is 7.71. The van der Waals surface area contributed by atoms with Gasteiger partial charge in [-0.2, -0.15) is 0 Å². The molecule has 5 nitrogen and oxygen atoms in total. The third-order valence-electron chi connectivity index (χ3n) is 4.45. The van der Waals surface area contributed by atoms with Crippen LogP contribution >= 0.6 is 11.6 Å². The van der Waals surface area contributed by atoms with Crippen LogP contribution in [0.4, 0.5) is 11.4 Å². The third kappa shape index (κ3) is 2.61. The summed E-state index contributed by atoms with van der Waals surface area (Å²) in [5.74, 6) is 0.352. The van der Waals surface area contributed by atoms with E-state index < -0.39 is 5.41 Å². The van der Waals surface area contributed by atoms with Crippen LogP contribution < -0.4 is 15.4 Å². The van der Waals surface area contributed by atoms with E-state index in [2.05, 4.69) is 10.6 Å². The summed E-state index contributed by atoms with van der Waals surface area (Å²) in [4.78, 5) is 24.2. The lowest BCUT2D eigenvalue weighted by Gasteiger charge is -2.20. The fourth-order valence-electron chi connectivity index (χ4n) is 2.95. The fraction of sp³-hybridized carbons (Fsp3) is 0.222. The van der Waals surface area contributed by atoms with Crippen LogP contribution in [-0.2, 0) is 15.0 Å². The Labute approximate surface area is 144 Å². The first-order valence-corrected chi connectivity index (χ1v) is 8.09. The first-order chi connectivity index (χ1) is 11.6. The highest BCUT2D eigenvalue weighted by Crippen LogP contribution is 2.49. The van der Waals surface area contributed by atoms with Crippen LogP contribution in [0.25, 0.3) is 0 Å². The molecule has 1 aliphatic heterocycles. The van der Waals surface area contributed by atoms with Gasteiger partial charge in [-0.25, -0.2) is 0 Å². The molecule has 0 atom stereocenters. The molecule has 2 aromatic rings. The second kappa shape index (κ2) is 5.53. The molecule has 0 bridgehead atoms. The SMILES string of the molecule is O=C1COc2ccc(NC(=O)C3(c4ccc(Cl)cc4)CC3)cc2N1. The van der Waals surface area contributed by atoms with Crippen LogP contribution in [-0.4, -0.2) is 18.4 Å². The molecule has 1 heterocycles. The minimum Gasteiger partial charge on any atom is -0.482 e. The third-order valence-corrected chi connectivity index (χ3v) is 4.70. The first kappa shape index (κ1) is 15.0. The van der Waals surface area contributed by atoms with Gasteiger partial charge in [0.2, 0.25) is 5.91 Å².